The smallest absolute Gasteiger partial charge is 0.422 e. The SMILES string of the molecule is COc1ccc(NC(=O)NCCC(C)C)cc1OCC(F)(F)F. The van der Waals surface area contributed by atoms with Crippen LogP contribution in [0.15, 0.2) is 18.2 Å². The van der Waals surface area contributed by atoms with Crippen molar-refractivity contribution in [2.75, 3.05) is 25.6 Å². The Bertz CT molecular complexity index is 519. The Balaban J connectivity index is 2.67. The first kappa shape index (κ1) is 18.9. The lowest BCUT2D eigenvalue weighted by atomic mass is 10.1. The molecule has 8 heteroatoms. The fourth-order valence-electron chi connectivity index (χ4n) is 1.68. The Morgan fingerprint density at radius 3 is 2.52 bits per heavy atom. The Labute approximate surface area is 133 Å². The molecule has 1 aromatic rings. The zero-order chi connectivity index (χ0) is 17.5. The maximum atomic E-state index is 12.2. The molecule has 0 spiro atoms. The topological polar surface area (TPSA) is 59.6 Å². The second-order valence-corrected chi connectivity index (χ2v) is 5.33. The number of halogens is 3. The number of alkyl halides is 3. The third-order valence-electron chi connectivity index (χ3n) is 2.82. The summed E-state index contributed by atoms with van der Waals surface area (Å²) in [5, 5.41) is 5.20. The van der Waals surface area contributed by atoms with Crippen LogP contribution in [0.5, 0.6) is 11.5 Å². The largest absolute Gasteiger partial charge is 0.493 e. The minimum Gasteiger partial charge on any atom is -0.493 e. The second kappa shape index (κ2) is 8.50. The van der Waals surface area contributed by atoms with E-state index in [1.165, 1.54) is 25.3 Å². The Hall–Kier alpha value is -2.12. The molecular weight excluding hydrogens is 313 g/mol. The van der Waals surface area contributed by atoms with Gasteiger partial charge in [0.1, 0.15) is 0 Å². The third-order valence-corrected chi connectivity index (χ3v) is 2.82. The summed E-state index contributed by atoms with van der Waals surface area (Å²) in [6.45, 7) is 3.14. The van der Waals surface area contributed by atoms with Crippen LogP contribution in [0.4, 0.5) is 23.7 Å². The van der Waals surface area contributed by atoms with E-state index in [1.807, 2.05) is 13.8 Å². The molecule has 0 aliphatic rings. The number of anilines is 1. The summed E-state index contributed by atoms with van der Waals surface area (Å²) in [6, 6.07) is 3.79. The number of nitrogens with one attached hydrogen (secondary N) is 2. The van der Waals surface area contributed by atoms with Gasteiger partial charge in [-0.1, -0.05) is 13.8 Å². The summed E-state index contributed by atoms with van der Waals surface area (Å²) in [5.41, 5.74) is 0.310. The van der Waals surface area contributed by atoms with E-state index in [0.29, 0.717) is 18.2 Å². The lowest BCUT2D eigenvalue weighted by Crippen LogP contribution is -2.30. The fourth-order valence-corrected chi connectivity index (χ4v) is 1.68. The fraction of sp³-hybridized carbons (Fsp3) is 0.533. The Morgan fingerprint density at radius 2 is 1.96 bits per heavy atom. The monoisotopic (exact) mass is 334 g/mol. The zero-order valence-electron chi connectivity index (χ0n) is 13.3. The van der Waals surface area contributed by atoms with Crippen molar-refractivity contribution in [1.82, 2.24) is 5.32 Å². The van der Waals surface area contributed by atoms with Crippen molar-refractivity contribution in [2.24, 2.45) is 5.92 Å². The molecule has 0 radical (unpaired) electrons. The van der Waals surface area contributed by atoms with Crippen LogP contribution in [0.3, 0.4) is 0 Å². The number of carbonyl (C=O) groups excluding carboxylic acids is 1. The first-order chi connectivity index (χ1) is 10.7. The number of urea groups is 1. The summed E-state index contributed by atoms with van der Waals surface area (Å²) >= 11 is 0. The number of hydrogen-bond acceptors (Lipinski definition) is 3. The van der Waals surface area contributed by atoms with Gasteiger partial charge in [0.25, 0.3) is 0 Å². The number of hydrogen-bond donors (Lipinski definition) is 2. The first-order valence-corrected chi connectivity index (χ1v) is 7.13. The highest BCUT2D eigenvalue weighted by Crippen LogP contribution is 2.31. The predicted octanol–water partition coefficient (Wildman–Crippen LogP) is 3.80. The number of amides is 2. The summed E-state index contributed by atoms with van der Waals surface area (Å²) in [5.74, 6) is 0.517. The van der Waals surface area contributed by atoms with Crippen molar-refractivity contribution in [1.29, 1.82) is 0 Å². The number of carbonyl (C=O) groups is 1. The van der Waals surface area contributed by atoms with E-state index < -0.39 is 18.8 Å². The molecule has 0 bridgehead atoms. The molecule has 2 N–H and O–H groups in total. The lowest BCUT2D eigenvalue weighted by molar-refractivity contribution is -0.153. The van der Waals surface area contributed by atoms with E-state index in [-0.39, 0.29) is 11.5 Å². The van der Waals surface area contributed by atoms with Crippen LogP contribution in [0.2, 0.25) is 0 Å². The van der Waals surface area contributed by atoms with Gasteiger partial charge in [-0.3, -0.25) is 0 Å². The summed E-state index contributed by atoms with van der Waals surface area (Å²) in [4.78, 5) is 11.7. The van der Waals surface area contributed by atoms with Gasteiger partial charge < -0.3 is 20.1 Å². The highest BCUT2D eigenvalue weighted by atomic mass is 19.4. The van der Waals surface area contributed by atoms with Crippen LogP contribution in [0, 0.1) is 5.92 Å². The van der Waals surface area contributed by atoms with Gasteiger partial charge in [0, 0.05) is 18.3 Å². The molecule has 23 heavy (non-hydrogen) atoms. The predicted molar refractivity (Wildman–Crippen MR) is 81.0 cm³/mol. The van der Waals surface area contributed by atoms with E-state index in [4.69, 9.17) is 9.47 Å². The average molecular weight is 334 g/mol. The van der Waals surface area contributed by atoms with E-state index in [2.05, 4.69) is 10.6 Å². The standard InChI is InChI=1S/C15H21F3N2O3/c1-10(2)6-7-19-14(21)20-11-4-5-12(22-3)13(8-11)23-9-15(16,17)18/h4-5,8,10H,6-7,9H2,1-3H3,(H2,19,20,21). The Kier molecular flexibility index (Phi) is 6.99. The lowest BCUT2D eigenvalue weighted by Gasteiger charge is -2.14. The van der Waals surface area contributed by atoms with Crippen LogP contribution < -0.4 is 20.1 Å². The van der Waals surface area contributed by atoms with Crippen LogP contribution in [-0.2, 0) is 0 Å². The summed E-state index contributed by atoms with van der Waals surface area (Å²) in [7, 11) is 1.32. The number of rotatable bonds is 7. The van der Waals surface area contributed by atoms with E-state index in [1.54, 1.807) is 0 Å². The molecule has 0 heterocycles. The van der Waals surface area contributed by atoms with Crippen molar-refractivity contribution >= 4 is 11.7 Å². The highest BCUT2D eigenvalue weighted by Gasteiger charge is 2.29. The molecule has 1 aromatic carbocycles. The number of methoxy groups -OCH3 is 1. The van der Waals surface area contributed by atoms with Crippen molar-refractivity contribution in [3.63, 3.8) is 0 Å². The average Bonchev–Trinajstić information content (AvgIpc) is 2.44. The van der Waals surface area contributed by atoms with Crippen molar-refractivity contribution in [2.45, 2.75) is 26.4 Å². The highest BCUT2D eigenvalue weighted by molar-refractivity contribution is 5.89. The minimum absolute atomic E-state index is 0.0928. The quantitative estimate of drug-likeness (QED) is 0.797. The molecular formula is C15H21F3N2O3. The molecule has 1 rings (SSSR count). The van der Waals surface area contributed by atoms with Gasteiger partial charge >= 0.3 is 12.2 Å². The second-order valence-electron chi connectivity index (χ2n) is 5.33. The Morgan fingerprint density at radius 1 is 1.26 bits per heavy atom. The van der Waals surface area contributed by atoms with E-state index >= 15 is 0 Å². The molecule has 130 valence electrons. The normalized spacial score (nSPS) is 11.3. The molecule has 0 fully saturated rings. The van der Waals surface area contributed by atoms with Crippen LogP contribution in [0.25, 0.3) is 0 Å². The van der Waals surface area contributed by atoms with Crippen molar-refractivity contribution in [3.05, 3.63) is 18.2 Å². The van der Waals surface area contributed by atoms with E-state index in [0.717, 1.165) is 6.42 Å². The molecule has 2 amide bonds. The van der Waals surface area contributed by atoms with Crippen molar-refractivity contribution < 1.29 is 27.4 Å². The van der Waals surface area contributed by atoms with Gasteiger partial charge in [0.2, 0.25) is 0 Å². The van der Waals surface area contributed by atoms with Crippen molar-refractivity contribution in [3.8, 4) is 11.5 Å². The first-order valence-electron chi connectivity index (χ1n) is 7.13. The molecule has 0 aromatic heterocycles. The van der Waals surface area contributed by atoms with Gasteiger partial charge in [-0.25, -0.2) is 4.79 Å². The van der Waals surface area contributed by atoms with Gasteiger partial charge in [0.15, 0.2) is 18.1 Å². The molecule has 0 saturated heterocycles. The maximum absolute atomic E-state index is 12.2. The van der Waals surface area contributed by atoms with Crippen LogP contribution >= 0.6 is 0 Å². The summed E-state index contributed by atoms with van der Waals surface area (Å²) < 4.78 is 46.4. The van der Waals surface area contributed by atoms with E-state index in [9.17, 15) is 18.0 Å². The molecule has 0 aliphatic carbocycles. The van der Waals surface area contributed by atoms with Crippen LogP contribution in [-0.4, -0.2) is 32.5 Å². The van der Waals surface area contributed by atoms with Gasteiger partial charge in [-0.05, 0) is 24.5 Å². The molecule has 0 unspecified atom stereocenters. The number of ether oxygens (including phenoxy) is 2. The van der Waals surface area contributed by atoms with Gasteiger partial charge in [-0.2, -0.15) is 13.2 Å². The number of benzene rings is 1. The van der Waals surface area contributed by atoms with Crippen LogP contribution in [0.1, 0.15) is 20.3 Å². The molecule has 0 aliphatic heterocycles. The minimum atomic E-state index is -4.46. The zero-order valence-corrected chi connectivity index (χ0v) is 13.3. The van der Waals surface area contributed by atoms with Gasteiger partial charge in [0.05, 0.1) is 7.11 Å². The molecule has 0 saturated carbocycles. The third kappa shape index (κ3) is 7.62. The maximum Gasteiger partial charge on any atom is 0.422 e. The summed E-state index contributed by atoms with van der Waals surface area (Å²) in [6.07, 6.45) is -3.63. The molecule has 0 atom stereocenters. The van der Waals surface area contributed by atoms with Gasteiger partial charge in [-0.15, -0.1) is 0 Å². The molecule has 5 nitrogen and oxygen atoms in total.